The van der Waals surface area contributed by atoms with Gasteiger partial charge < -0.3 is 14.2 Å². The van der Waals surface area contributed by atoms with Gasteiger partial charge in [-0.1, -0.05) is 6.07 Å². The van der Waals surface area contributed by atoms with Gasteiger partial charge in [0.1, 0.15) is 11.5 Å². The van der Waals surface area contributed by atoms with Crippen molar-refractivity contribution >= 4 is 11.6 Å². The SMILES string of the molecule is COc1ccc(C2(CCCl)COC2)c(OC)c1. The summed E-state index contributed by atoms with van der Waals surface area (Å²) in [6, 6.07) is 5.91. The molecule has 3 nitrogen and oxygen atoms in total. The molecule has 1 aromatic rings. The zero-order valence-corrected chi connectivity index (χ0v) is 10.9. The van der Waals surface area contributed by atoms with Crippen LogP contribution < -0.4 is 9.47 Å². The van der Waals surface area contributed by atoms with Crippen LogP contribution >= 0.6 is 11.6 Å². The molecule has 0 unspecified atom stereocenters. The molecular formula is C13H17ClO3. The Morgan fingerprint density at radius 3 is 2.53 bits per heavy atom. The molecule has 0 aliphatic carbocycles. The summed E-state index contributed by atoms with van der Waals surface area (Å²) in [6.45, 7) is 1.42. The molecule has 4 heteroatoms. The van der Waals surface area contributed by atoms with Crippen molar-refractivity contribution in [3.8, 4) is 11.5 Å². The average Bonchev–Trinajstić information content (AvgIpc) is 2.33. The van der Waals surface area contributed by atoms with E-state index in [4.69, 9.17) is 25.8 Å². The van der Waals surface area contributed by atoms with Gasteiger partial charge in [0.05, 0.1) is 27.4 Å². The zero-order valence-electron chi connectivity index (χ0n) is 10.2. The van der Waals surface area contributed by atoms with E-state index in [0.717, 1.165) is 23.5 Å². The number of halogens is 1. The minimum atomic E-state index is 0.0133. The molecule has 17 heavy (non-hydrogen) atoms. The van der Waals surface area contributed by atoms with E-state index in [0.29, 0.717) is 19.1 Å². The van der Waals surface area contributed by atoms with Crippen LogP contribution in [0.1, 0.15) is 12.0 Å². The van der Waals surface area contributed by atoms with Crippen LogP contribution in [0.3, 0.4) is 0 Å². The molecule has 1 aliphatic rings. The fraction of sp³-hybridized carbons (Fsp3) is 0.538. The van der Waals surface area contributed by atoms with Gasteiger partial charge in [0.15, 0.2) is 0 Å². The Labute approximate surface area is 107 Å². The molecule has 94 valence electrons. The fourth-order valence-corrected chi connectivity index (χ4v) is 2.56. The molecule has 1 fully saturated rings. The van der Waals surface area contributed by atoms with Gasteiger partial charge in [-0.25, -0.2) is 0 Å². The monoisotopic (exact) mass is 256 g/mol. The van der Waals surface area contributed by atoms with Crippen molar-refractivity contribution in [2.24, 2.45) is 0 Å². The topological polar surface area (TPSA) is 27.7 Å². The van der Waals surface area contributed by atoms with Gasteiger partial charge in [0, 0.05) is 22.9 Å². The first kappa shape index (κ1) is 12.5. The molecule has 1 aromatic carbocycles. The maximum absolute atomic E-state index is 5.88. The molecule has 0 radical (unpaired) electrons. The minimum Gasteiger partial charge on any atom is -0.497 e. The first-order valence-corrected chi connectivity index (χ1v) is 6.15. The van der Waals surface area contributed by atoms with Crippen LogP contribution in [0.4, 0.5) is 0 Å². The molecule has 1 aliphatic heterocycles. The number of benzene rings is 1. The summed E-state index contributed by atoms with van der Waals surface area (Å²) >= 11 is 5.88. The predicted octanol–water partition coefficient (Wildman–Crippen LogP) is 2.60. The lowest BCUT2D eigenvalue weighted by Gasteiger charge is -2.42. The maximum atomic E-state index is 5.88. The third-order valence-electron chi connectivity index (χ3n) is 3.31. The summed E-state index contributed by atoms with van der Waals surface area (Å²) in [7, 11) is 3.32. The number of alkyl halides is 1. The van der Waals surface area contributed by atoms with E-state index in [1.165, 1.54) is 0 Å². The van der Waals surface area contributed by atoms with Crippen LogP contribution in [0.25, 0.3) is 0 Å². The first-order chi connectivity index (χ1) is 8.25. The summed E-state index contributed by atoms with van der Waals surface area (Å²) in [5.74, 6) is 2.27. The van der Waals surface area contributed by atoms with Crippen LogP contribution in [0, 0.1) is 0 Å². The zero-order chi connectivity index (χ0) is 12.3. The molecule has 0 amide bonds. The van der Waals surface area contributed by atoms with E-state index in [2.05, 4.69) is 0 Å². The molecular weight excluding hydrogens is 240 g/mol. The van der Waals surface area contributed by atoms with Crippen molar-refractivity contribution in [3.63, 3.8) is 0 Å². The van der Waals surface area contributed by atoms with Gasteiger partial charge in [-0.3, -0.25) is 0 Å². The Kier molecular flexibility index (Phi) is 3.79. The lowest BCUT2D eigenvalue weighted by atomic mass is 9.76. The van der Waals surface area contributed by atoms with Gasteiger partial charge in [-0.2, -0.15) is 0 Å². The highest BCUT2D eigenvalue weighted by Crippen LogP contribution is 2.42. The Hall–Kier alpha value is -0.930. The molecule has 2 rings (SSSR count). The molecule has 0 aromatic heterocycles. The van der Waals surface area contributed by atoms with Gasteiger partial charge >= 0.3 is 0 Å². The summed E-state index contributed by atoms with van der Waals surface area (Å²) in [5, 5.41) is 0. The maximum Gasteiger partial charge on any atom is 0.126 e. The Balaban J connectivity index is 2.36. The summed E-state index contributed by atoms with van der Waals surface area (Å²) in [4.78, 5) is 0. The largest absolute Gasteiger partial charge is 0.497 e. The molecule has 1 heterocycles. The molecule has 0 spiro atoms. The highest BCUT2D eigenvalue weighted by atomic mass is 35.5. The number of hydrogen-bond donors (Lipinski definition) is 0. The van der Waals surface area contributed by atoms with Crippen molar-refractivity contribution in [2.45, 2.75) is 11.8 Å². The number of ether oxygens (including phenoxy) is 3. The van der Waals surface area contributed by atoms with Gasteiger partial charge in [0.2, 0.25) is 0 Å². The van der Waals surface area contributed by atoms with Crippen molar-refractivity contribution < 1.29 is 14.2 Å². The molecule has 0 N–H and O–H groups in total. The van der Waals surface area contributed by atoms with Crippen LogP contribution in [-0.4, -0.2) is 33.3 Å². The van der Waals surface area contributed by atoms with E-state index in [1.807, 2.05) is 18.2 Å². The number of hydrogen-bond acceptors (Lipinski definition) is 3. The third-order valence-corrected chi connectivity index (χ3v) is 3.50. The van der Waals surface area contributed by atoms with Gasteiger partial charge in [-0.15, -0.1) is 11.6 Å². The van der Waals surface area contributed by atoms with Gasteiger partial charge in [-0.05, 0) is 12.5 Å². The number of rotatable bonds is 5. The quantitative estimate of drug-likeness (QED) is 0.758. The highest BCUT2D eigenvalue weighted by molar-refractivity contribution is 6.17. The Morgan fingerprint density at radius 1 is 1.29 bits per heavy atom. The first-order valence-electron chi connectivity index (χ1n) is 5.62. The second kappa shape index (κ2) is 5.15. The average molecular weight is 257 g/mol. The van der Waals surface area contributed by atoms with E-state index < -0.39 is 0 Å². The van der Waals surface area contributed by atoms with Crippen LogP contribution in [-0.2, 0) is 10.2 Å². The Bertz CT molecular complexity index is 388. The third kappa shape index (κ3) is 2.22. The van der Waals surface area contributed by atoms with Crippen LogP contribution in [0.5, 0.6) is 11.5 Å². The summed E-state index contributed by atoms with van der Waals surface area (Å²) in [5.41, 5.74) is 1.17. The van der Waals surface area contributed by atoms with Gasteiger partial charge in [0.25, 0.3) is 0 Å². The lowest BCUT2D eigenvalue weighted by molar-refractivity contribution is -0.0624. The smallest absolute Gasteiger partial charge is 0.126 e. The second-order valence-corrected chi connectivity index (χ2v) is 4.66. The van der Waals surface area contributed by atoms with Crippen LogP contribution in [0.15, 0.2) is 18.2 Å². The lowest BCUT2D eigenvalue weighted by Crippen LogP contribution is -2.47. The molecule has 0 atom stereocenters. The van der Waals surface area contributed by atoms with E-state index in [1.54, 1.807) is 14.2 Å². The van der Waals surface area contributed by atoms with Crippen molar-refractivity contribution in [2.75, 3.05) is 33.3 Å². The van der Waals surface area contributed by atoms with E-state index >= 15 is 0 Å². The Morgan fingerprint density at radius 2 is 2.06 bits per heavy atom. The van der Waals surface area contributed by atoms with E-state index in [-0.39, 0.29) is 5.41 Å². The van der Waals surface area contributed by atoms with Crippen molar-refractivity contribution in [3.05, 3.63) is 23.8 Å². The van der Waals surface area contributed by atoms with Crippen molar-refractivity contribution in [1.29, 1.82) is 0 Å². The minimum absolute atomic E-state index is 0.0133. The van der Waals surface area contributed by atoms with Crippen LogP contribution in [0.2, 0.25) is 0 Å². The standard InChI is InChI=1S/C13H17ClO3/c1-15-10-3-4-11(12(7-10)16-2)13(5-6-14)8-17-9-13/h3-4,7H,5-6,8-9H2,1-2H3. The fourth-order valence-electron chi connectivity index (χ4n) is 2.20. The number of methoxy groups -OCH3 is 2. The highest BCUT2D eigenvalue weighted by Gasteiger charge is 2.41. The van der Waals surface area contributed by atoms with E-state index in [9.17, 15) is 0 Å². The summed E-state index contributed by atoms with van der Waals surface area (Å²) in [6.07, 6.45) is 0.900. The molecule has 1 saturated heterocycles. The molecule has 0 saturated carbocycles. The van der Waals surface area contributed by atoms with Crippen molar-refractivity contribution in [1.82, 2.24) is 0 Å². The second-order valence-electron chi connectivity index (χ2n) is 4.28. The normalized spacial score (nSPS) is 17.4. The predicted molar refractivity (Wildman–Crippen MR) is 67.4 cm³/mol. The molecule has 0 bridgehead atoms. The summed E-state index contributed by atoms with van der Waals surface area (Å²) < 4.78 is 16.0.